The first-order chi connectivity index (χ1) is 30.8. The molecular formula is C56H32N4O2. The minimum Gasteiger partial charge on any atom is -0.455 e. The zero-order valence-corrected chi connectivity index (χ0v) is 33.1. The van der Waals surface area contributed by atoms with Gasteiger partial charge >= 0.3 is 0 Å². The molecule has 0 bridgehead atoms. The average molecular weight is 793 g/mol. The monoisotopic (exact) mass is 792 g/mol. The molecule has 0 aliphatic heterocycles. The maximum absolute atomic E-state index is 6.98. The Kier molecular flexibility index (Phi) is 6.74. The minimum absolute atomic E-state index is 0.603. The number of fused-ring (bicyclic) bond motifs is 16. The van der Waals surface area contributed by atoms with E-state index in [4.69, 9.17) is 18.8 Å². The lowest BCUT2D eigenvalue weighted by atomic mass is 9.99. The summed E-state index contributed by atoms with van der Waals surface area (Å²) in [6.45, 7) is 0. The second kappa shape index (κ2) is 12.5. The van der Waals surface area contributed by atoms with Crippen LogP contribution in [0.5, 0.6) is 0 Å². The molecular weight excluding hydrogens is 761 g/mol. The summed E-state index contributed by atoms with van der Waals surface area (Å²) in [7, 11) is 0. The van der Waals surface area contributed by atoms with Crippen LogP contribution in [-0.2, 0) is 0 Å². The lowest BCUT2D eigenvalue weighted by Crippen LogP contribution is -2.04. The zero-order chi connectivity index (χ0) is 40.5. The van der Waals surface area contributed by atoms with Crippen LogP contribution in [0, 0.1) is 0 Å². The molecule has 6 nitrogen and oxygen atoms in total. The highest BCUT2D eigenvalue weighted by Gasteiger charge is 2.28. The Hall–Kier alpha value is -8.48. The van der Waals surface area contributed by atoms with Gasteiger partial charge in [-0.05, 0) is 48.0 Å². The fourth-order valence-electron chi connectivity index (χ4n) is 10.1. The molecule has 0 amide bonds. The number of para-hydroxylation sites is 7. The first-order valence-corrected chi connectivity index (χ1v) is 20.9. The largest absolute Gasteiger partial charge is 0.455 e. The van der Waals surface area contributed by atoms with Crippen LogP contribution in [0.2, 0.25) is 0 Å². The summed E-state index contributed by atoms with van der Waals surface area (Å²) >= 11 is 0. The summed E-state index contributed by atoms with van der Waals surface area (Å²) < 4.78 is 18.1. The Morgan fingerprint density at radius 1 is 0.355 bits per heavy atom. The molecule has 14 rings (SSSR count). The first-order valence-electron chi connectivity index (χ1n) is 20.9. The summed E-state index contributed by atoms with van der Waals surface area (Å²) in [6.07, 6.45) is 0. The number of nitrogens with zero attached hydrogens (tertiary/aromatic N) is 4. The van der Waals surface area contributed by atoms with Gasteiger partial charge in [-0.3, -0.25) is 4.57 Å². The summed E-state index contributed by atoms with van der Waals surface area (Å²) in [5.41, 5.74) is 13.6. The van der Waals surface area contributed by atoms with Crippen molar-refractivity contribution in [2.24, 2.45) is 0 Å². The SMILES string of the molecule is c1ccc(-n2c3ccccc3c3c2c2oc4ccccc4c2c2c4ccccc4n(-c4nc(-c5ccc(-c6cccc7c6oc6ccccc67)cc5)c5ccccc5n4)c23)cc1. The number of rotatable bonds is 4. The molecule has 6 heteroatoms. The highest BCUT2D eigenvalue weighted by Crippen LogP contribution is 2.49. The summed E-state index contributed by atoms with van der Waals surface area (Å²) in [4.78, 5) is 11.0. The van der Waals surface area contributed by atoms with E-state index in [1.165, 1.54) is 0 Å². The molecule has 0 radical (unpaired) electrons. The first kappa shape index (κ1) is 33.4. The number of hydrogen-bond acceptors (Lipinski definition) is 4. The van der Waals surface area contributed by atoms with Crippen molar-refractivity contribution in [1.29, 1.82) is 0 Å². The third-order valence-electron chi connectivity index (χ3n) is 12.7. The predicted molar refractivity (Wildman–Crippen MR) is 254 cm³/mol. The summed E-state index contributed by atoms with van der Waals surface area (Å²) in [5, 5.41) is 9.80. The van der Waals surface area contributed by atoms with E-state index in [9.17, 15) is 0 Å². The van der Waals surface area contributed by atoms with Crippen molar-refractivity contribution in [3.8, 4) is 34.0 Å². The van der Waals surface area contributed by atoms with Gasteiger partial charge in [0, 0.05) is 65.3 Å². The van der Waals surface area contributed by atoms with Crippen molar-refractivity contribution < 1.29 is 8.83 Å². The van der Waals surface area contributed by atoms with Crippen LogP contribution >= 0.6 is 0 Å². The van der Waals surface area contributed by atoms with Crippen LogP contribution < -0.4 is 0 Å². The lowest BCUT2D eigenvalue weighted by molar-refractivity contribution is 0.670. The predicted octanol–water partition coefficient (Wildman–Crippen LogP) is 15.0. The molecule has 14 aromatic rings. The van der Waals surface area contributed by atoms with Gasteiger partial charge in [-0.1, -0.05) is 152 Å². The van der Waals surface area contributed by atoms with E-state index < -0.39 is 0 Å². The van der Waals surface area contributed by atoms with Crippen LogP contribution in [-0.4, -0.2) is 19.1 Å². The van der Waals surface area contributed by atoms with Crippen molar-refractivity contribution in [3.05, 3.63) is 194 Å². The van der Waals surface area contributed by atoms with Crippen LogP contribution in [0.4, 0.5) is 0 Å². The third kappa shape index (κ3) is 4.52. The van der Waals surface area contributed by atoms with Crippen molar-refractivity contribution in [2.75, 3.05) is 0 Å². The molecule has 62 heavy (non-hydrogen) atoms. The number of aromatic nitrogens is 4. The van der Waals surface area contributed by atoms with Gasteiger partial charge in [-0.25, -0.2) is 9.97 Å². The fraction of sp³-hybridized carbons (Fsp3) is 0. The molecule has 0 N–H and O–H groups in total. The molecule has 0 spiro atoms. The van der Waals surface area contributed by atoms with Gasteiger partial charge in [0.1, 0.15) is 16.7 Å². The van der Waals surface area contributed by atoms with E-state index in [1.54, 1.807) is 0 Å². The summed E-state index contributed by atoms with van der Waals surface area (Å²) in [6, 6.07) is 67.9. The lowest BCUT2D eigenvalue weighted by Gasteiger charge is -2.13. The quantitative estimate of drug-likeness (QED) is 0.178. The van der Waals surface area contributed by atoms with Crippen molar-refractivity contribution in [1.82, 2.24) is 19.1 Å². The van der Waals surface area contributed by atoms with Gasteiger partial charge in [0.25, 0.3) is 0 Å². The van der Waals surface area contributed by atoms with Crippen molar-refractivity contribution in [3.63, 3.8) is 0 Å². The standard InChI is InChI=1S/C56H32N4O2/c1-2-15-35(16-3-1)59-44-25-10-6-20-41(44)50-52-48(49-42-21-8-13-28-47(42)62-55(49)53(50)59)40-19-5-11-26-45(40)60(52)56-57-43-24-9-4-18-39(43)51(58-56)34-31-29-33(30-32-34)36-22-14-23-38-37-17-7-12-27-46(37)61-54(36)38/h1-32H. The number of hydrogen-bond donors (Lipinski definition) is 0. The second-order valence-electron chi connectivity index (χ2n) is 16.0. The Morgan fingerprint density at radius 3 is 1.73 bits per heavy atom. The number of furan rings is 2. The molecule has 0 saturated carbocycles. The maximum Gasteiger partial charge on any atom is 0.235 e. The van der Waals surface area contributed by atoms with E-state index in [0.29, 0.717) is 5.95 Å². The zero-order valence-electron chi connectivity index (χ0n) is 33.1. The van der Waals surface area contributed by atoms with Gasteiger partial charge in [0.2, 0.25) is 5.95 Å². The van der Waals surface area contributed by atoms with Gasteiger partial charge in [-0.15, -0.1) is 0 Å². The van der Waals surface area contributed by atoms with Crippen LogP contribution in [0.25, 0.3) is 132 Å². The molecule has 0 unspecified atom stereocenters. The smallest absolute Gasteiger partial charge is 0.235 e. The molecule has 0 aliphatic rings. The van der Waals surface area contributed by atoms with E-state index in [2.05, 4.69) is 185 Å². The Labute approximate surface area is 353 Å². The normalized spacial score (nSPS) is 12.2. The van der Waals surface area contributed by atoms with Crippen LogP contribution in [0.15, 0.2) is 203 Å². The maximum atomic E-state index is 6.98. The topological polar surface area (TPSA) is 61.9 Å². The van der Waals surface area contributed by atoms with Gasteiger partial charge < -0.3 is 13.4 Å². The van der Waals surface area contributed by atoms with Gasteiger partial charge in [0.15, 0.2) is 5.58 Å². The van der Waals surface area contributed by atoms with Gasteiger partial charge in [-0.2, -0.15) is 0 Å². The minimum atomic E-state index is 0.603. The summed E-state index contributed by atoms with van der Waals surface area (Å²) in [5.74, 6) is 0.603. The average Bonchev–Trinajstić information content (AvgIpc) is 4.09. The highest BCUT2D eigenvalue weighted by atomic mass is 16.3. The molecule has 0 aliphatic carbocycles. The fourth-order valence-corrected chi connectivity index (χ4v) is 10.1. The van der Waals surface area contributed by atoms with Crippen LogP contribution in [0.1, 0.15) is 0 Å². The Bertz CT molecular complexity index is 4150. The molecule has 0 saturated heterocycles. The van der Waals surface area contributed by atoms with E-state index in [1.807, 2.05) is 18.2 Å². The Balaban J connectivity index is 1.08. The molecule has 288 valence electrons. The molecule has 0 atom stereocenters. The molecule has 0 fully saturated rings. The second-order valence-corrected chi connectivity index (χ2v) is 16.0. The van der Waals surface area contributed by atoms with E-state index in [-0.39, 0.29) is 0 Å². The number of benzene rings is 9. The van der Waals surface area contributed by atoms with E-state index in [0.717, 1.165) is 126 Å². The van der Waals surface area contributed by atoms with Crippen LogP contribution in [0.3, 0.4) is 0 Å². The molecule has 9 aromatic carbocycles. The molecule has 5 aromatic heterocycles. The highest BCUT2D eigenvalue weighted by molar-refractivity contribution is 6.39. The van der Waals surface area contributed by atoms with Crippen molar-refractivity contribution in [2.45, 2.75) is 0 Å². The molecule has 5 heterocycles. The Morgan fingerprint density at radius 2 is 0.935 bits per heavy atom. The van der Waals surface area contributed by atoms with Gasteiger partial charge in [0.05, 0.1) is 33.3 Å². The van der Waals surface area contributed by atoms with E-state index >= 15 is 0 Å². The third-order valence-corrected chi connectivity index (χ3v) is 12.7. The van der Waals surface area contributed by atoms with Crippen molar-refractivity contribution >= 4 is 98.4 Å².